The summed E-state index contributed by atoms with van der Waals surface area (Å²) < 4.78 is 9.09. The van der Waals surface area contributed by atoms with Crippen LogP contribution in [0.2, 0.25) is 0 Å². The number of hydrogen-bond donors (Lipinski definition) is 1. The van der Waals surface area contributed by atoms with Crippen molar-refractivity contribution in [3.63, 3.8) is 0 Å². The van der Waals surface area contributed by atoms with Crippen molar-refractivity contribution in [3.8, 4) is 0 Å². The van der Waals surface area contributed by atoms with Crippen molar-refractivity contribution in [2.24, 2.45) is 11.8 Å². The Bertz CT molecular complexity index is 447. The van der Waals surface area contributed by atoms with E-state index in [2.05, 4.69) is 16.2 Å². The highest BCUT2D eigenvalue weighted by molar-refractivity contribution is 7.11. The highest BCUT2D eigenvalue weighted by atomic mass is 32.1. The Kier molecular flexibility index (Phi) is 3.75. The molecule has 0 amide bonds. The molecule has 1 aromatic rings. The number of anilines is 2. The number of aromatic nitrogens is 1. The summed E-state index contributed by atoms with van der Waals surface area (Å²) in [6.07, 6.45) is 1.26. The molecule has 100 valence electrons. The first kappa shape index (κ1) is 13.1. The summed E-state index contributed by atoms with van der Waals surface area (Å²) in [5, 5.41) is 0.810. The van der Waals surface area contributed by atoms with Gasteiger partial charge in [-0.1, -0.05) is 6.92 Å². The van der Waals surface area contributed by atoms with E-state index < -0.39 is 0 Å². The van der Waals surface area contributed by atoms with E-state index in [0.29, 0.717) is 18.1 Å². The minimum atomic E-state index is -0.380. The van der Waals surface area contributed by atoms with Crippen LogP contribution in [-0.4, -0.2) is 30.5 Å². The fourth-order valence-corrected chi connectivity index (χ4v) is 2.81. The van der Waals surface area contributed by atoms with Crippen LogP contribution in [0.25, 0.3) is 0 Å². The fourth-order valence-electron chi connectivity index (χ4n) is 2.04. The summed E-state index contributed by atoms with van der Waals surface area (Å²) in [5.41, 5.74) is 6.17. The van der Waals surface area contributed by atoms with Crippen LogP contribution in [0, 0.1) is 11.8 Å². The third-order valence-electron chi connectivity index (χ3n) is 3.31. The number of nitrogen functional groups attached to an aromatic ring is 1. The van der Waals surface area contributed by atoms with Gasteiger partial charge in [-0.2, -0.15) is 4.37 Å². The van der Waals surface area contributed by atoms with Gasteiger partial charge in [-0.25, -0.2) is 4.79 Å². The van der Waals surface area contributed by atoms with Gasteiger partial charge in [0, 0.05) is 13.6 Å². The molecular weight excluding hydrogens is 250 g/mol. The molecule has 2 N–H and O–H groups in total. The van der Waals surface area contributed by atoms with Crippen LogP contribution in [0.3, 0.4) is 0 Å². The van der Waals surface area contributed by atoms with Gasteiger partial charge in [0.15, 0.2) is 5.82 Å². The molecule has 2 atom stereocenters. The second-order valence-corrected chi connectivity index (χ2v) is 5.57. The van der Waals surface area contributed by atoms with E-state index in [4.69, 9.17) is 10.5 Å². The Morgan fingerprint density at radius 3 is 2.89 bits per heavy atom. The molecule has 0 aromatic carbocycles. The van der Waals surface area contributed by atoms with E-state index in [1.54, 1.807) is 6.92 Å². The van der Waals surface area contributed by atoms with Crippen molar-refractivity contribution >= 4 is 28.3 Å². The number of ether oxygens (including phenoxy) is 1. The molecular formula is C12H19N3O2S. The molecule has 1 aromatic heterocycles. The maximum Gasteiger partial charge on any atom is 0.345 e. The Morgan fingerprint density at radius 1 is 1.67 bits per heavy atom. The van der Waals surface area contributed by atoms with E-state index in [1.807, 2.05) is 7.05 Å². The van der Waals surface area contributed by atoms with E-state index in [9.17, 15) is 4.79 Å². The Labute approximate surface area is 111 Å². The fraction of sp³-hybridized carbons (Fsp3) is 0.667. The van der Waals surface area contributed by atoms with Crippen LogP contribution in [0.4, 0.5) is 10.8 Å². The zero-order chi connectivity index (χ0) is 13.3. The maximum atomic E-state index is 11.9. The van der Waals surface area contributed by atoms with E-state index >= 15 is 0 Å². The van der Waals surface area contributed by atoms with Crippen molar-refractivity contribution < 1.29 is 9.53 Å². The molecule has 18 heavy (non-hydrogen) atoms. The summed E-state index contributed by atoms with van der Waals surface area (Å²) in [7, 11) is 1.97. The lowest BCUT2D eigenvalue weighted by atomic mass is 10.2. The largest absolute Gasteiger partial charge is 0.462 e. The number of esters is 1. The summed E-state index contributed by atoms with van der Waals surface area (Å²) >= 11 is 1.26. The van der Waals surface area contributed by atoms with Crippen LogP contribution in [0.1, 0.15) is 30.6 Å². The van der Waals surface area contributed by atoms with Crippen molar-refractivity contribution in [1.82, 2.24) is 4.37 Å². The van der Waals surface area contributed by atoms with Crippen molar-refractivity contribution in [3.05, 3.63) is 5.56 Å². The zero-order valence-electron chi connectivity index (χ0n) is 11.0. The molecule has 0 bridgehead atoms. The Balaban J connectivity index is 2.14. The number of hydrogen-bond acceptors (Lipinski definition) is 6. The zero-order valence-corrected chi connectivity index (χ0v) is 11.8. The lowest BCUT2D eigenvalue weighted by Gasteiger charge is -2.17. The quantitative estimate of drug-likeness (QED) is 0.828. The summed E-state index contributed by atoms with van der Waals surface area (Å²) in [5.74, 6) is 1.38. The highest BCUT2D eigenvalue weighted by Crippen LogP contribution is 2.40. The molecule has 2 unspecified atom stereocenters. The molecule has 0 spiro atoms. The van der Waals surface area contributed by atoms with Crippen LogP contribution in [0.5, 0.6) is 0 Å². The first-order chi connectivity index (χ1) is 8.54. The monoisotopic (exact) mass is 269 g/mol. The van der Waals surface area contributed by atoms with Crippen molar-refractivity contribution in [2.75, 3.05) is 30.8 Å². The standard InChI is InChI=1S/C12H19N3O2S/c1-4-17-12(16)9-10(13)14-18-11(9)15(3)6-8-5-7(8)2/h7-8H,4-6H2,1-3H3,(H2,13,14). The smallest absolute Gasteiger partial charge is 0.345 e. The summed E-state index contributed by atoms with van der Waals surface area (Å²) in [4.78, 5) is 13.9. The van der Waals surface area contributed by atoms with Crippen molar-refractivity contribution in [1.29, 1.82) is 0 Å². The average Bonchev–Trinajstić information content (AvgIpc) is 2.86. The van der Waals surface area contributed by atoms with Gasteiger partial charge in [0.05, 0.1) is 6.61 Å². The second-order valence-electron chi connectivity index (χ2n) is 4.82. The molecule has 1 fully saturated rings. The third kappa shape index (κ3) is 2.58. The molecule has 1 saturated carbocycles. The highest BCUT2D eigenvalue weighted by Gasteiger charge is 2.34. The summed E-state index contributed by atoms with van der Waals surface area (Å²) in [6.45, 7) is 5.31. The van der Waals surface area contributed by atoms with Gasteiger partial charge in [-0.15, -0.1) is 0 Å². The number of nitrogens with two attached hydrogens (primary N) is 1. The molecule has 1 heterocycles. The summed E-state index contributed by atoms with van der Waals surface area (Å²) in [6, 6.07) is 0. The molecule has 5 nitrogen and oxygen atoms in total. The SMILES string of the molecule is CCOC(=O)c1c(N)nsc1N(C)CC1CC1C. The number of carbonyl (C=O) groups is 1. The third-order valence-corrected chi connectivity index (χ3v) is 4.29. The predicted octanol–water partition coefficient (Wildman–Crippen LogP) is 1.99. The lowest BCUT2D eigenvalue weighted by Crippen LogP contribution is -2.22. The molecule has 0 saturated heterocycles. The van der Waals surface area contributed by atoms with Gasteiger partial charge < -0.3 is 15.4 Å². The average molecular weight is 269 g/mol. The molecule has 1 aliphatic rings. The Morgan fingerprint density at radius 2 is 2.33 bits per heavy atom. The minimum Gasteiger partial charge on any atom is -0.462 e. The molecule has 0 aliphatic heterocycles. The van der Waals surface area contributed by atoms with E-state index in [0.717, 1.165) is 17.5 Å². The van der Waals surface area contributed by atoms with E-state index in [-0.39, 0.29) is 11.8 Å². The van der Waals surface area contributed by atoms with Crippen molar-refractivity contribution in [2.45, 2.75) is 20.3 Å². The molecule has 6 heteroatoms. The van der Waals surface area contributed by atoms with Gasteiger partial charge >= 0.3 is 5.97 Å². The van der Waals surface area contributed by atoms with Crippen LogP contribution < -0.4 is 10.6 Å². The molecule has 2 rings (SSSR count). The first-order valence-electron chi connectivity index (χ1n) is 6.18. The van der Waals surface area contributed by atoms with Gasteiger partial charge in [-0.05, 0) is 36.7 Å². The number of nitrogens with zero attached hydrogens (tertiary/aromatic N) is 2. The Hall–Kier alpha value is -1.30. The normalized spacial score (nSPS) is 21.7. The first-order valence-corrected chi connectivity index (χ1v) is 6.95. The lowest BCUT2D eigenvalue weighted by molar-refractivity contribution is 0.0528. The van der Waals surface area contributed by atoms with Gasteiger partial charge in [0.2, 0.25) is 0 Å². The van der Waals surface area contributed by atoms with Gasteiger partial charge in [0.25, 0.3) is 0 Å². The topological polar surface area (TPSA) is 68.5 Å². The maximum absolute atomic E-state index is 11.9. The van der Waals surface area contributed by atoms with Crippen LogP contribution in [0.15, 0.2) is 0 Å². The number of rotatable bonds is 5. The molecule has 0 radical (unpaired) electrons. The number of carbonyl (C=O) groups excluding carboxylic acids is 1. The minimum absolute atomic E-state index is 0.268. The van der Waals surface area contributed by atoms with Gasteiger partial charge in [0.1, 0.15) is 10.6 Å². The second kappa shape index (κ2) is 5.14. The van der Waals surface area contributed by atoms with Crippen LogP contribution in [-0.2, 0) is 4.74 Å². The van der Waals surface area contributed by atoms with Gasteiger partial charge in [-0.3, -0.25) is 0 Å². The van der Waals surface area contributed by atoms with Crippen LogP contribution >= 0.6 is 11.5 Å². The predicted molar refractivity (Wildman–Crippen MR) is 73.0 cm³/mol. The molecule has 1 aliphatic carbocycles. The van der Waals surface area contributed by atoms with E-state index in [1.165, 1.54) is 18.0 Å².